The molecule has 7 nitrogen and oxygen atoms in total. The minimum Gasteiger partial charge on any atom is -0.480 e. The molecule has 0 fully saturated rings. The van der Waals surface area contributed by atoms with Gasteiger partial charge in [-0.3, -0.25) is 4.79 Å². The Labute approximate surface area is 137 Å². The zero-order valence-electron chi connectivity index (χ0n) is 13.6. The molecular weight excluding hydrogens is 320 g/mol. The first-order valence-corrected chi connectivity index (χ1v) is 8.79. The molecule has 23 heavy (non-hydrogen) atoms. The number of sulfonamides is 1. The monoisotopic (exact) mass is 344 g/mol. The number of nitrogens with zero attached hydrogens (tertiary/aromatic N) is 1. The second-order valence-corrected chi connectivity index (χ2v) is 7.50. The van der Waals surface area contributed by atoms with Crippen LogP contribution < -0.4 is 5.32 Å². The Morgan fingerprint density at radius 3 is 2.35 bits per heavy atom. The smallest absolute Gasteiger partial charge is 0.320 e. The van der Waals surface area contributed by atoms with Crippen LogP contribution in [0.25, 0.3) is 0 Å². The maximum Gasteiger partial charge on any atom is 0.320 e. The number of aliphatic hydroxyl groups excluding tert-OH is 1. The van der Waals surface area contributed by atoms with E-state index in [2.05, 4.69) is 5.32 Å². The SMILES string of the molecule is CC[C@@H](NC[C@H](O)CN(C)S(=O)(=O)c1ccc(C)cc1)C(=O)O. The van der Waals surface area contributed by atoms with Crippen LogP contribution in [0.3, 0.4) is 0 Å². The van der Waals surface area contributed by atoms with Gasteiger partial charge >= 0.3 is 5.97 Å². The third-order valence-corrected chi connectivity index (χ3v) is 5.34. The van der Waals surface area contributed by atoms with Gasteiger partial charge in [-0.1, -0.05) is 24.6 Å². The highest BCUT2D eigenvalue weighted by molar-refractivity contribution is 7.89. The van der Waals surface area contributed by atoms with E-state index in [0.717, 1.165) is 9.87 Å². The zero-order chi connectivity index (χ0) is 17.6. The molecule has 0 spiro atoms. The molecule has 0 aliphatic carbocycles. The molecule has 0 saturated carbocycles. The number of benzene rings is 1. The molecule has 1 aromatic rings. The van der Waals surface area contributed by atoms with Crippen molar-refractivity contribution in [1.82, 2.24) is 9.62 Å². The first-order chi connectivity index (χ1) is 10.7. The van der Waals surface area contributed by atoms with Gasteiger partial charge in [0.1, 0.15) is 6.04 Å². The van der Waals surface area contributed by atoms with E-state index in [0.29, 0.717) is 6.42 Å². The summed E-state index contributed by atoms with van der Waals surface area (Å²) < 4.78 is 25.8. The molecular formula is C15H24N2O5S. The van der Waals surface area contributed by atoms with Crippen LogP contribution in [0, 0.1) is 6.92 Å². The van der Waals surface area contributed by atoms with Gasteiger partial charge in [-0.25, -0.2) is 8.42 Å². The average molecular weight is 344 g/mol. The molecule has 0 amide bonds. The maximum atomic E-state index is 12.4. The summed E-state index contributed by atoms with van der Waals surface area (Å²) in [6.45, 7) is 3.45. The zero-order valence-corrected chi connectivity index (χ0v) is 14.4. The van der Waals surface area contributed by atoms with Crippen molar-refractivity contribution in [2.75, 3.05) is 20.1 Å². The molecule has 0 aliphatic rings. The number of aliphatic hydroxyl groups is 1. The van der Waals surface area contributed by atoms with Crippen molar-refractivity contribution in [2.24, 2.45) is 0 Å². The van der Waals surface area contributed by atoms with Gasteiger partial charge in [0.25, 0.3) is 0 Å². The number of likely N-dealkylation sites (N-methyl/N-ethyl adjacent to an activating group) is 1. The number of carbonyl (C=O) groups is 1. The van der Waals surface area contributed by atoms with Gasteiger partial charge in [0.2, 0.25) is 10.0 Å². The highest BCUT2D eigenvalue weighted by atomic mass is 32.2. The number of carboxylic acids is 1. The van der Waals surface area contributed by atoms with Gasteiger partial charge in [0, 0.05) is 20.1 Å². The highest BCUT2D eigenvalue weighted by Gasteiger charge is 2.23. The average Bonchev–Trinajstić information content (AvgIpc) is 2.47. The van der Waals surface area contributed by atoms with Crippen molar-refractivity contribution >= 4 is 16.0 Å². The second-order valence-electron chi connectivity index (χ2n) is 5.46. The van der Waals surface area contributed by atoms with E-state index in [1.165, 1.54) is 19.2 Å². The summed E-state index contributed by atoms with van der Waals surface area (Å²) in [6.07, 6.45) is -0.631. The van der Waals surface area contributed by atoms with Crippen molar-refractivity contribution in [3.05, 3.63) is 29.8 Å². The van der Waals surface area contributed by atoms with Crippen molar-refractivity contribution in [3.8, 4) is 0 Å². The second kappa shape index (κ2) is 8.39. The number of nitrogens with one attached hydrogen (secondary N) is 1. The van der Waals surface area contributed by atoms with Gasteiger partial charge in [0.05, 0.1) is 11.0 Å². The molecule has 0 aromatic heterocycles. The Morgan fingerprint density at radius 1 is 1.30 bits per heavy atom. The lowest BCUT2D eigenvalue weighted by Gasteiger charge is -2.22. The minimum absolute atomic E-state index is 0.00142. The third-order valence-electron chi connectivity index (χ3n) is 3.50. The summed E-state index contributed by atoms with van der Waals surface area (Å²) in [4.78, 5) is 11.0. The van der Waals surface area contributed by atoms with E-state index in [-0.39, 0.29) is 18.0 Å². The topological polar surface area (TPSA) is 107 Å². The van der Waals surface area contributed by atoms with E-state index in [1.807, 2.05) is 6.92 Å². The van der Waals surface area contributed by atoms with Crippen LogP contribution in [-0.2, 0) is 14.8 Å². The number of rotatable bonds is 9. The molecule has 3 N–H and O–H groups in total. The first-order valence-electron chi connectivity index (χ1n) is 7.35. The Morgan fingerprint density at radius 2 is 1.87 bits per heavy atom. The normalized spacial score (nSPS) is 14.7. The predicted octanol–water partition coefficient (Wildman–Crippen LogP) is 0.429. The van der Waals surface area contributed by atoms with Crippen molar-refractivity contribution in [2.45, 2.75) is 37.3 Å². The summed E-state index contributed by atoms with van der Waals surface area (Å²) in [5.74, 6) is -1.000. The van der Waals surface area contributed by atoms with Gasteiger partial charge < -0.3 is 15.5 Å². The van der Waals surface area contributed by atoms with Crippen molar-refractivity contribution in [1.29, 1.82) is 0 Å². The van der Waals surface area contributed by atoms with Crippen LogP contribution in [0.4, 0.5) is 0 Å². The van der Waals surface area contributed by atoms with Crippen LogP contribution in [0.1, 0.15) is 18.9 Å². The Bertz CT molecular complexity index is 615. The largest absolute Gasteiger partial charge is 0.480 e. The van der Waals surface area contributed by atoms with E-state index in [4.69, 9.17) is 5.11 Å². The van der Waals surface area contributed by atoms with Crippen LogP contribution in [-0.4, -0.2) is 61.2 Å². The van der Waals surface area contributed by atoms with Gasteiger partial charge in [0.15, 0.2) is 0 Å². The summed E-state index contributed by atoms with van der Waals surface area (Å²) in [6, 6.07) is 5.69. The van der Waals surface area contributed by atoms with Crippen LogP contribution >= 0.6 is 0 Å². The van der Waals surface area contributed by atoms with E-state index in [9.17, 15) is 18.3 Å². The van der Waals surface area contributed by atoms with Gasteiger partial charge in [-0.2, -0.15) is 4.31 Å². The summed E-state index contributed by atoms with van der Waals surface area (Å²) >= 11 is 0. The number of hydrogen-bond acceptors (Lipinski definition) is 5. The molecule has 1 aromatic carbocycles. The maximum absolute atomic E-state index is 12.4. The molecule has 1 rings (SSSR count). The fourth-order valence-electron chi connectivity index (χ4n) is 2.03. The molecule has 0 bridgehead atoms. The summed E-state index contributed by atoms with van der Waals surface area (Å²) in [7, 11) is -2.30. The molecule has 0 unspecified atom stereocenters. The Hall–Kier alpha value is -1.48. The predicted molar refractivity (Wildman–Crippen MR) is 86.7 cm³/mol. The first kappa shape index (κ1) is 19.6. The lowest BCUT2D eigenvalue weighted by molar-refractivity contribution is -0.139. The van der Waals surface area contributed by atoms with E-state index < -0.39 is 28.1 Å². The van der Waals surface area contributed by atoms with Gasteiger partial charge in [-0.15, -0.1) is 0 Å². The lowest BCUT2D eigenvalue weighted by atomic mass is 10.2. The number of aryl methyl sites for hydroxylation is 1. The molecule has 0 saturated heterocycles. The van der Waals surface area contributed by atoms with E-state index in [1.54, 1.807) is 19.1 Å². The number of aliphatic carboxylic acids is 1. The standard InChI is InChI=1S/C15H24N2O5S/c1-4-14(15(19)20)16-9-12(18)10-17(3)23(21,22)13-7-5-11(2)6-8-13/h5-8,12,14,16,18H,4,9-10H2,1-3H3,(H,19,20)/t12-,14+/m0/s1. The summed E-state index contributed by atoms with van der Waals surface area (Å²) in [5.41, 5.74) is 0.954. The molecule has 2 atom stereocenters. The van der Waals surface area contributed by atoms with Crippen molar-refractivity contribution < 1.29 is 23.4 Å². The molecule has 130 valence electrons. The van der Waals surface area contributed by atoms with Gasteiger partial charge in [-0.05, 0) is 25.5 Å². The van der Waals surface area contributed by atoms with Crippen molar-refractivity contribution in [3.63, 3.8) is 0 Å². The van der Waals surface area contributed by atoms with Crippen LogP contribution in [0.5, 0.6) is 0 Å². The third kappa shape index (κ3) is 5.58. The minimum atomic E-state index is -3.68. The summed E-state index contributed by atoms with van der Waals surface area (Å²) in [5, 5.41) is 21.6. The number of hydrogen-bond donors (Lipinski definition) is 3. The fraction of sp³-hybridized carbons (Fsp3) is 0.533. The Balaban J connectivity index is 2.65. The highest BCUT2D eigenvalue weighted by Crippen LogP contribution is 2.15. The Kier molecular flexibility index (Phi) is 7.14. The lowest BCUT2D eigenvalue weighted by Crippen LogP contribution is -2.44. The molecule has 0 aliphatic heterocycles. The fourth-order valence-corrected chi connectivity index (χ4v) is 3.24. The number of carboxylic acid groups (broad SMARTS) is 1. The molecule has 0 heterocycles. The quantitative estimate of drug-likeness (QED) is 0.600. The van der Waals surface area contributed by atoms with Crippen LogP contribution in [0.2, 0.25) is 0 Å². The van der Waals surface area contributed by atoms with Crippen LogP contribution in [0.15, 0.2) is 29.2 Å². The molecule has 8 heteroatoms. The van der Waals surface area contributed by atoms with E-state index >= 15 is 0 Å². The molecule has 0 radical (unpaired) electrons.